The first-order valence-electron chi connectivity index (χ1n) is 10.4. The second kappa shape index (κ2) is 8.93. The first kappa shape index (κ1) is 21.3. The van der Waals surface area contributed by atoms with Crippen molar-refractivity contribution in [1.29, 1.82) is 0 Å². The number of piperazine rings is 1. The van der Waals surface area contributed by atoms with E-state index in [4.69, 9.17) is 0 Å². The van der Waals surface area contributed by atoms with Gasteiger partial charge in [-0.1, -0.05) is 31.4 Å². The number of rotatable bonds is 5. The van der Waals surface area contributed by atoms with Gasteiger partial charge in [-0.05, 0) is 50.8 Å². The topological polar surface area (TPSA) is 69.7 Å². The second-order valence-electron chi connectivity index (χ2n) is 8.23. The molecule has 1 heterocycles. The van der Waals surface area contributed by atoms with Crippen molar-refractivity contribution in [2.75, 3.05) is 26.2 Å². The molecule has 2 fully saturated rings. The average molecular weight is 408 g/mol. The SMILES string of the molecule is Cc1ccc(C)c(S(=O)(=O)N2CCN(C(C)C(=O)NC3CCCCC3)CC2)c1. The van der Waals surface area contributed by atoms with Gasteiger partial charge in [0.05, 0.1) is 10.9 Å². The number of amides is 1. The summed E-state index contributed by atoms with van der Waals surface area (Å²) in [5, 5.41) is 3.18. The van der Waals surface area contributed by atoms with Crippen LogP contribution in [0.25, 0.3) is 0 Å². The molecule has 2 aliphatic rings. The molecule has 28 heavy (non-hydrogen) atoms. The van der Waals surface area contributed by atoms with E-state index in [0.29, 0.717) is 37.1 Å². The molecule has 0 aromatic heterocycles. The van der Waals surface area contributed by atoms with Gasteiger partial charge in [-0.25, -0.2) is 8.42 Å². The fraction of sp³-hybridized carbons (Fsp3) is 0.667. The monoisotopic (exact) mass is 407 g/mol. The van der Waals surface area contributed by atoms with Crippen LogP contribution in [0.4, 0.5) is 0 Å². The largest absolute Gasteiger partial charge is 0.352 e. The molecule has 0 spiro atoms. The number of hydrogen-bond donors (Lipinski definition) is 1. The minimum absolute atomic E-state index is 0.0673. The molecular weight excluding hydrogens is 374 g/mol. The normalized spacial score (nSPS) is 21.4. The van der Waals surface area contributed by atoms with Crippen molar-refractivity contribution < 1.29 is 13.2 Å². The summed E-state index contributed by atoms with van der Waals surface area (Å²) in [6.45, 7) is 7.64. The van der Waals surface area contributed by atoms with Crippen LogP contribution in [0, 0.1) is 13.8 Å². The molecule has 1 aromatic carbocycles. The standard InChI is InChI=1S/C21H33N3O3S/c1-16-9-10-17(2)20(15-16)28(26,27)24-13-11-23(12-14-24)18(3)21(25)22-19-7-5-4-6-8-19/h9-10,15,18-19H,4-8,11-14H2,1-3H3,(H,22,25). The molecule has 1 aromatic rings. The average Bonchev–Trinajstić information content (AvgIpc) is 2.70. The number of hydrogen-bond acceptors (Lipinski definition) is 4. The number of nitrogens with one attached hydrogen (secondary N) is 1. The second-order valence-corrected chi connectivity index (χ2v) is 10.1. The maximum Gasteiger partial charge on any atom is 0.243 e. The Hall–Kier alpha value is -1.44. The molecule has 156 valence electrons. The lowest BCUT2D eigenvalue weighted by molar-refractivity contribution is -0.127. The smallest absolute Gasteiger partial charge is 0.243 e. The summed E-state index contributed by atoms with van der Waals surface area (Å²) in [5.74, 6) is 0.0673. The molecule has 1 N–H and O–H groups in total. The van der Waals surface area contributed by atoms with Crippen LogP contribution in [0.5, 0.6) is 0 Å². The van der Waals surface area contributed by atoms with E-state index in [1.54, 1.807) is 10.4 Å². The molecule has 1 aliphatic carbocycles. The van der Waals surface area contributed by atoms with Gasteiger partial charge >= 0.3 is 0 Å². The van der Waals surface area contributed by atoms with Crippen molar-refractivity contribution in [3.63, 3.8) is 0 Å². The Morgan fingerprint density at radius 2 is 1.71 bits per heavy atom. The first-order chi connectivity index (χ1) is 13.3. The number of carbonyl (C=O) groups is 1. The van der Waals surface area contributed by atoms with Crippen LogP contribution < -0.4 is 5.32 Å². The van der Waals surface area contributed by atoms with Crippen molar-refractivity contribution in [1.82, 2.24) is 14.5 Å². The van der Waals surface area contributed by atoms with Crippen molar-refractivity contribution in [2.45, 2.75) is 69.9 Å². The zero-order valence-electron chi connectivity index (χ0n) is 17.3. The number of benzene rings is 1. The summed E-state index contributed by atoms with van der Waals surface area (Å²) in [6.07, 6.45) is 5.78. The summed E-state index contributed by atoms with van der Waals surface area (Å²) < 4.78 is 27.7. The predicted octanol–water partition coefficient (Wildman–Crippen LogP) is 2.45. The molecule has 1 atom stereocenters. The van der Waals surface area contributed by atoms with E-state index in [9.17, 15) is 13.2 Å². The van der Waals surface area contributed by atoms with E-state index in [1.807, 2.05) is 32.9 Å². The molecule has 1 unspecified atom stereocenters. The Labute approximate surface area is 169 Å². The van der Waals surface area contributed by atoms with Gasteiger partial charge in [0.15, 0.2) is 0 Å². The van der Waals surface area contributed by atoms with Gasteiger partial charge in [0.2, 0.25) is 15.9 Å². The van der Waals surface area contributed by atoms with E-state index in [2.05, 4.69) is 10.2 Å². The minimum atomic E-state index is -3.50. The van der Waals surface area contributed by atoms with Gasteiger partial charge in [-0.3, -0.25) is 9.69 Å². The highest BCUT2D eigenvalue weighted by Crippen LogP contribution is 2.23. The highest BCUT2D eigenvalue weighted by molar-refractivity contribution is 7.89. The molecule has 7 heteroatoms. The van der Waals surface area contributed by atoms with Crippen LogP contribution in [-0.4, -0.2) is 61.8 Å². The molecule has 0 bridgehead atoms. The Kier molecular flexibility index (Phi) is 6.78. The predicted molar refractivity (Wildman–Crippen MR) is 111 cm³/mol. The van der Waals surface area contributed by atoms with E-state index < -0.39 is 10.0 Å². The zero-order valence-corrected chi connectivity index (χ0v) is 18.1. The minimum Gasteiger partial charge on any atom is -0.352 e. The van der Waals surface area contributed by atoms with Crippen molar-refractivity contribution in [2.24, 2.45) is 0 Å². The van der Waals surface area contributed by atoms with Gasteiger partial charge in [-0.2, -0.15) is 4.31 Å². The Balaban J connectivity index is 1.58. The quantitative estimate of drug-likeness (QED) is 0.814. The van der Waals surface area contributed by atoms with Crippen LogP contribution in [0.1, 0.15) is 50.2 Å². The summed E-state index contributed by atoms with van der Waals surface area (Å²) in [5.41, 5.74) is 1.71. The lowest BCUT2D eigenvalue weighted by Gasteiger charge is -2.37. The Bertz CT molecular complexity index is 795. The van der Waals surface area contributed by atoms with E-state index >= 15 is 0 Å². The number of carbonyl (C=O) groups excluding carboxylic acids is 1. The van der Waals surface area contributed by atoms with Crippen LogP contribution in [0.3, 0.4) is 0 Å². The fourth-order valence-corrected chi connectivity index (χ4v) is 5.92. The van der Waals surface area contributed by atoms with Crippen LogP contribution in [0.15, 0.2) is 23.1 Å². The summed E-state index contributed by atoms with van der Waals surface area (Å²) in [7, 11) is -3.50. The Morgan fingerprint density at radius 3 is 2.36 bits per heavy atom. The van der Waals surface area contributed by atoms with Crippen molar-refractivity contribution in [3.05, 3.63) is 29.3 Å². The van der Waals surface area contributed by atoms with Crippen molar-refractivity contribution >= 4 is 15.9 Å². The highest BCUT2D eigenvalue weighted by Gasteiger charge is 2.33. The molecular formula is C21H33N3O3S. The molecule has 1 saturated heterocycles. The Morgan fingerprint density at radius 1 is 1.07 bits per heavy atom. The number of nitrogens with zero attached hydrogens (tertiary/aromatic N) is 2. The third kappa shape index (κ3) is 4.75. The van der Waals surface area contributed by atoms with E-state index in [1.165, 1.54) is 19.3 Å². The van der Waals surface area contributed by atoms with Crippen molar-refractivity contribution in [3.8, 4) is 0 Å². The summed E-state index contributed by atoms with van der Waals surface area (Å²) in [4.78, 5) is 15.1. The number of sulfonamides is 1. The molecule has 1 aliphatic heterocycles. The maximum absolute atomic E-state index is 13.1. The van der Waals surface area contributed by atoms with Gasteiger partial charge in [0, 0.05) is 32.2 Å². The lowest BCUT2D eigenvalue weighted by atomic mass is 9.95. The summed E-state index contributed by atoms with van der Waals surface area (Å²) in [6, 6.07) is 5.61. The van der Waals surface area contributed by atoms with Gasteiger partial charge in [0.25, 0.3) is 0 Å². The van der Waals surface area contributed by atoms with Crippen LogP contribution in [-0.2, 0) is 14.8 Å². The molecule has 3 rings (SSSR count). The third-order valence-corrected chi connectivity index (χ3v) is 8.15. The maximum atomic E-state index is 13.1. The third-order valence-electron chi connectivity index (χ3n) is 6.11. The summed E-state index contributed by atoms with van der Waals surface area (Å²) >= 11 is 0. The lowest BCUT2D eigenvalue weighted by Crippen LogP contribution is -2.56. The molecule has 0 radical (unpaired) electrons. The van der Waals surface area contributed by atoms with E-state index in [0.717, 1.165) is 24.0 Å². The van der Waals surface area contributed by atoms with Crippen LogP contribution in [0.2, 0.25) is 0 Å². The first-order valence-corrected chi connectivity index (χ1v) is 11.8. The number of aryl methyl sites for hydroxylation is 2. The van der Waals surface area contributed by atoms with E-state index in [-0.39, 0.29) is 11.9 Å². The van der Waals surface area contributed by atoms with Gasteiger partial charge < -0.3 is 5.32 Å². The van der Waals surface area contributed by atoms with Gasteiger partial charge in [0.1, 0.15) is 0 Å². The zero-order chi connectivity index (χ0) is 20.3. The molecule has 1 amide bonds. The van der Waals surface area contributed by atoms with Gasteiger partial charge in [-0.15, -0.1) is 0 Å². The molecule has 6 nitrogen and oxygen atoms in total. The van der Waals surface area contributed by atoms with Crippen LogP contribution >= 0.6 is 0 Å². The highest BCUT2D eigenvalue weighted by atomic mass is 32.2. The fourth-order valence-electron chi connectivity index (χ4n) is 4.19. The molecule has 1 saturated carbocycles.